The van der Waals surface area contributed by atoms with Crippen LogP contribution >= 0.6 is 0 Å². The molecule has 0 N–H and O–H groups in total. The number of methoxy groups -OCH3 is 1. The number of piperazine rings is 1. The molecule has 0 saturated carbocycles. The topological polar surface area (TPSA) is 36.0 Å². The molecule has 0 radical (unpaired) electrons. The molecule has 0 spiro atoms. The molecule has 1 saturated heterocycles. The van der Waals surface area contributed by atoms with Gasteiger partial charge in [-0.05, 0) is 23.3 Å². The predicted octanol–water partition coefficient (Wildman–Crippen LogP) is 2.47. The third-order valence-electron chi connectivity index (χ3n) is 5.05. The van der Waals surface area contributed by atoms with Gasteiger partial charge < -0.3 is 9.64 Å². The smallest absolute Gasteiger partial charge is 0.236 e. The Hall–Kier alpha value is -2.37. The average Bonchev–Trinajstić information content (AvgIpc) is 2.70. The van der Waals surface area contributed by atoms with Crippen LogP contribution in [0.25, 0.3) is 0 Å². The SMILES string of the molecule is COc1cccc(CN(C)C(=O)CN2CCN(Cc3ccccc3)CC2)c1. The van der Waals surface area contributed by atoms with Crippen LogP contribution in [0.4, 0.5) is 0 Å². The molecule has 0 unspecified atom stereocenters. The molecule has 2 aromatic rings. The molecule has 2 aromatic carbocycles. The van der Waals surface area contributed by atoms with Crippen molar-refractivity contribution >= 4 is 5.91 Å². The summed E-state index contributed by atoms with van der Waals surface area (Å²) in [4.78, 5) is 19.1. The van der Waals surface area contributed by atoms with Crippen molar-refractivity contribution < 1.29 is 9.53 Å². The highest BCUT2D eigenvalue weighted by Crippen LogP contribution is 2.14. The number of benzene rings is 2. The number of hydrogen-bond acceptors (Lipinski definition) is 4. The summed E-state index contributed by atoms with van der Waals surface area (Å²) < 4.78 is 5.25. The number of rotatable bonds is 7. The zero-order chi connectivity index (χ0) is 19.1. The number of hydrogen-bond donors (Lipinski definition) is 0. The lowest BCUT2D eigenvalue weighted by Gasteiger charge is -2.35. The Labute approximate surface area is 162 Å². The first kappa shape index (κ1) is 19.4. The highest BCUT2D eigenvalue weighted by Gasteiger charge is 2.20. The molecule has 27 heavy (non-hydrogen) atoms. The summed E-state index contributed by atoms with van der Waals surface area (Å²) >= 11 is 0. The van der Waals surface area contributed by atoms with Gasteiger partial charge in [0.25, 0.3) is 0 Å². The van der Waals surface area contributed by atoms with Crippen LogP contribution in [0.2, 0.25) is 0 Å². The monoisotopic (exact) mass is 367 g/mol. The molecule has 3 rings (SSSR count). The van der Waals surface area contributed by atoms with E-state index in [1.54, 1.807) is 12.0 Å². The van der Waals surface area contributed by atoms with E-state index >= 15 is 0 Å². The predicted molar refractivity (Wildman–Crippen MR) is 108 cm³/mol. The van der Waals surface area contributed by atoms with E-state index in [4.69, 9.17) is 4.74 Å². The summed E-state index contributed by atoms with van der Waals surface area (Å²) in [5.74, 6) is 0.984. The van der Waals surface area contributed by atoms with Crippen LogP contribution in [0.15, 0.2) is 54.6 Å². The fraction of sp³-hybridized carbons (Fsp3) is 0.409. The Morgan fingerprint density at radius 1 is 0.963 bits per heavy atom. The molecule has 1 aliphatic rings. The third-order valence-corrected chi connectivity index (χ3v) is 5.05. The number of carbonyl (C=O) groups is 1. The van der Waals surface area contributed by atoms with E-state index < -0.39 is 0 Å². The van der Waals surface area contributed by atoms with Crippen LogP contribution in [0.3, 0.4) is 0 Å². The maximum absolute atomic E-state index is 12.6. The first-order chi connectivity index (χ1) is 13.1. The largest absolute Gasteiger partial charge is 0.497 e. The number of likely N-dealkylation sites (N-methyl/N-ethyl adjacent to an activating group) is 1. The molecule has 1 fully saturated rings. The van der Waals surface area contributed by atoms with Gasteiger partial charge in [-0.15, -0.1) is 0 Å². The zero-order valence-electron chi connectivity index (χ0n) is 16.3. The van der Waals surface area contributed by atoms with Crippen LogP contribution < -0.4 is 4.74 Å². The molecular weight excluding hydrogens is 338 g/mol. The highest BCUT2D eigenvalue weighted by atomic mass is 16.5. The minimum atomic E-state index is 0.161. The van der Waals surface area contributed by atoms with E-state index in [1.807, 2.05) is 31.3 Å². The van der Waals surface area contributed by atoms with Crippen LogP contribution in [0, 0.1) is 0 Å². The van der Waals surface area contributed by atoms with Crippen LogP contribution in [0.1, 0.15) is 11.1 Å². The maximum atomic E-state index is 12.6. The van der Waals surface area contributed by atoms with E-state index in [1.165, 1.54) is 5.56 Å². The van der Waals surface area contributed by atoms with Gasteiger partial charge in [0.05, 0.1) is 13.7 Å². The van der Waals surface area contributed by atoms with Gasteiger partial charge in [0.2, 0.25) is 5.91 Å². The number of amides is 1. The first-order valence-corrected chi connectivity index (χ1v) is 9.49. The minimum absolute atomic E-state index is 0.161. The summed E-state index contributed by atoms with van der Waals surface area (Å²) in [7, 11) is 3.53. The second-order valence-electron chi connectivity index (χ2n) is 7.14. The van der Waals surface area contributed by atoms with Crippen molar-refractivity contribution in [3.05, 3.63) is 65.7 Å². The summed E-state index contributed by atoms with van der Waals surface area (Å²) in [6.07, 6.45) is 0. The lowest BCUT2D eigenvalue weighted by atomic mass is 10.2. The molecule has 5 heteroatoms. The standard InChI is InChI=1S/C22H29N3O2/c1-23(16-20-9-6-10-21(15-20)27-2)22(26)18-25-13-11-24(12-14-25)17-19-7-4-3-5-8-19/h3-10,15H,11-14,16-18H2,1-2H3. The Kier molecular flexibility index (Phi) is 6.85. The van der Waals surface area contributed by atoms with Crippen molar-refractivity contribution in [3.8, 4) is 5.75 Å². The van der Waals surface area contributed by atoms with E-state index in [0.29, 0.717) is 13.1 Å². The van der Waals surface area contributed by atoms with Crippen molar-refractivity contribution in [1.29, 1.82) is 0 Å². The Bertz CT molecular complexity index is 727. The summed E-state index contributed by atoms with van der Waals surface area (Å²) in [5, 5.41) is 0. The van der Waals surface area contributed by atoms with E-state index in [9.17, 15) is 4.79 Å². The zero-order valence-corrected chi connectivity index (χ0v) is 16.3. The maximum Gasteiger partial charge on any atom is 0.236 e. The molecule has 5 nitrogen and oxygen atoms in total. The van der Waals surface area contributed by atoms with Crippen molar-refractivity contribution in [2.24, 2.45) is 0 Å². The summed E-state index contributed by atoms with van der Waals surface area (Å²) in [5.41, 5.74) is 2.43. The molecule has 144 valence electrons. The van der Waals surface area contributed by atoms with Crippen molar-refractivity contribution in [2.75, 3.05) is 46.9 Å². The number of ether oxygens (including phenoxy) is 1. The van der Waals surface area contributed by atoms with Gasteiger partial charge in [0, 0.05) is 46.3 Å². The molecule has 0 bridgehead atoms. The van der Waals surface area contributed by atoms with Gasteiger partial charge in [0.1, 0.15) is 5.75 Å². The molecule has 1 aliphatic heterocycles. The Morgan fingerprint density at radius 2 is 1.63 bits per heavy atom. The fourth-order valence-corrected chi connectivity index (χ4v) is 3.39. The van der Waals surface area contributed by atoms with Crippen molar-refractivity contribution in [1.82, 2.24) is 14.7 Å². The molecule has 1 amide bonds. The quantitative estimate of drug-likeness (QED) is 0.753. The normalized spacial score (nSPS) is 15.5. The van der Waals surface area contributed by atoms with E-state index in [0.717, 1.165) is 44.0 Å². The van der Waals surface area contributed by atoms with Gasteiger partial charge in [0.15, 0.2) is 0 Å². The van der Waals surface area contributed by atoms with Gasteiger partial charge in [-0.25, -0.2) is 0 Å². The summed E-state index contributed by atoms with van der Waals surface area (Å²) in [6, 6.07) is 18.4. The van der Waals surface area contributed by atoms with Gasteiger partial charge in [-0.1, -0.05) is 42.5 Å². The molecule has 1 heterocycles. The minimum Gasteiger partial charge on any atom is -0.497 e. The summed E-state index contributed by atoms with van der Waals surface area (Å²) in [6.45, 7) is 5.95. The Morgan fingerprint density at radius 3 is 2.33 bits per heavy atom. The Balaban J connectivity index is 1.43. The highest BCUT2D eigenvalue weighted by molar-refractivity contribution is 5.78. The lowest BCUT2D eigenvalue weighted by Crippen LogP contribution is -2.49. The van der Waals surface area contributed by atoms with Crippen LogP contribution in [0.5, 0.6) is 5.75 Å². The lowest BCUT2D eigenvalue weighted by molar-refractivity contribution is -0.132. The van der Waals surface area contributed by atoms with E-state index in [-0.39, 0.29) is 5.91 Å². The fourth-order valence-electron chi connectivity index (χ4n) is 3.39. The van der Waals surface area contributed by atoms with Gasteiger partial charge in [-0.2, -0.15) is 0 Å². The molecule has 0 aromatic heterocycles. The molecular formula is C22H29N3O2. The van der Waals surface area contributed by atoms with Crippen molar-refractivity contribution in [2.45, 2.75) is 13.1 Å². The van der Waals surface area contributed by atoms with Gasteiger partial charge in [-0.3, -0.25) is 14.6 Å². The van der Waals surface area contributed by atoms with Crippen LogP contribution in [-0.4, -0.2) is 67.5 Å². The molecule has 0 atom stereocenters. The second-order valence-corrected chi connectivity index (χ2v) is 7.14. The average molecular weight is 367 g/mol. The number of nitrogens with zero attached hydrogens (tertiary/aromatic N) is 3. The van der Waals surface area contributed by atoms with Crippen molar-refractivity contribution in [3.63, 3.8) is 0 Å². The van der Waals surface area contributed by atoms with E-state index in [2.05, 4.69) is 40.1 Å². The van der Waals surface area contributed by atoms with Gasteiger partial charge >= 0.3 is 0 Å². The number of carbonyl (C=O) groups excluding carboxylic acids is 1. The first-order valence-electron chi connectivity index (χ1n) is 9.49. The molecule has 0 aliphatic carbocycles. The second kappa shape index (κ2) is 9.53. The van der Waals surface area contributed by atoms with Crippen LogP contribution in [-0.2, 0) is 17.9 Å². The third kappa shape index (κ3) is 5.81.